The van der Waals surface area contributed by atoms with E-state index in [0.717, 1.165) is 0 Å². The van der Waals surface area contributed by atoms with Gasteiger partial charge in [-0.2, -0.15) is 4.98 Å². The SMILES string of the molecule is CCOc1n[nH]c(NC(=O)c2cccc(O)c2)n1. The van der Waals surface area contributed by atoms with E-state index >= 15 is 0 Å². The van der Waals surface area contributed by atoms with E-state index < -0.39 is 5.91 Å². The highest BCUT2D eigenvalue weighted by Gasteiger charge is 2.10. The van der Waals surface area contributed by atoms with Gasteiger partial charge in [-0.05, 0) is 25.1 Å². The van der Waals surface area contributed by atoms with Crippen LogP contribution in [0.4, 0.5) is 5.95 Å². The van der Waals surface area contributed by atoms with Crippen LogP contribution in [-0.4, -0.2) is 32.8 Å². The molecule has 2 aromatic rings. The monoisotopic (exact) mass is 248 g/mol. The molecule has 7 nitrogen and oxygen atoms in total. The number of phenols is 1. The van der Waals surface area contributed by atoms with Gasteiger partial charge in [0.2, 0.25) is 5.95 Å². The molecule has 18 heavy (non-hydrogen) atoms. The molecule has 0 aliphatic heterocycles. The highest BCUT2D eigenvalue weighted by Crippen LogP contribution is 2.12. The summed E-state index contributed by atoms with van der Waals surface area (Å²) in [5.74, 6) is -0.188. The largest absolute Gasteiger partial charge is 0.508 e. The molecular weight excluding hydrogens is 236 g/mol. The number of carbonyl (C=O) groups is 1. The zero-order valence-electron chi connectivity index (χ0n) is 9.67. The van der Waals surface area contributed by atoms with Crippen molar-refractivity contribution in [2.24, 2.45) is 0 Å². The van der Waals surface area contributed by atoms with E-state index in [2.05, 4.69) is 20.5 Å². The minimum absolute atomic E-state index is 0.0234. The van der Waals surface area contributed by atoms with Crippen LogP contribution in [0.25, 0.3) is 0 Å². The number of hydrogen-bond donors (Lipinski definition) is 3. The third kappa shape index (κ3) is 2.76. The summed E-state index contributed by atoms with van der Waals surface area (Å²) in [7, 11) is 0. The molecule has 1 aromatic carbocycles. The lowest BCUT2D eigenvalue weighted by Gasteiger charge is -2.01. The maximum atomic E-state index is 11.8. The van der Waals surface area contributed by atoms with E-state index in [1.807, 2.05) is 0 Å². The number of phenolic OH excluding ortho intramolecular Hbond substituents is 1. The van der Waals surface area contributed by atoms with Crippen molar-refractivity contribution < 1.29 is 14.6 Å². The summed E-state index contributed by atoms with van der Waals surface area (Å²) in [6.07, 6.45) is 0. The van der Waals surface area contributed by atoms with Crippen molar-refractivity contribution in [3.05, 3.63) is 29.8 Å². The minimum Gasteiger partial charge on any atom is -0.508 e. The number of anilines is 1. The highest BCUT2D eigenvalue weighted by atomic mass is 16.5. The first kappa shape index (κ1) is 11.9. The first-order chi connectivity index (χ1) is 8.69. The number of aromatic hydroxyl groups is 1. The van der Waals surface area contributed by atoms with Crippen LogP contribution in [0, 0.1) is 0 Å². The van der Waals surface area contributed by atoms with Gasteiger partial charge in [0, 0.05) is 5.56 Å². The lowest BCUT2D eigenvalue weighted by molar-refractivity contribution is 0.102. The van der Waals surface area contributed by atoms with E-state index in [-0.39, 0.29) is 17.7 Å². The van der Waals surface area contributed by atoms with Crippen molar-refractivity contribution in [3.63, 3.8) is 0 Å². The van der Waals surface area contributed by atoms with Crippen LogP contribution in [0.3, 0.4) is 0 Å². The van der Waals surface area contributed by atoms with Gasteiger partial charge in [-0.25, -0.2) is 5.10 Å². The fourth-order valence-corrected chi connectivity index (χ4v) is 1.32. The molecule has 3 N–H and O–H groups in total. The molecule has 0 aliphatic rings. The number of nitrogens with one attached hydrogen (secondary N) is 2. The Balaban J connectivity index is 2.06. The number of aromatic amines is 1. The van der Waals surface area contributed by atoms with Gasteiger partial charge in [0.05, 0.1) is 6.61 Å². The number of amides is 1. The van der Waals surface area contributed by atoms with Crippen LogP contribution in [0.1, 0.15) is 17.3 Å². The summed E-state index contributed by atoms with van der Waals surface area (Å²) in [4.78, 5) is 15.7. The predicted octanol–water partition coefficient (Wildman–Crippen LogP) is 1.16. The molecular formula is C11H12N4O3. The molecule has 0 atom stereocenters. The molecule has 94 valence electrons. The number of hydrogen-bond acceptors (Lipinski definition) is 5. The van der Waals surface area contributed by atoms with Gasteiger partial charge in [-0.15, -0.1) is 5.10 Å². The third-order valence-corrected chi connectivity index (χ3v) is 2.08. The summed E-state index contributed by atoms with van der Waals surface area (Å²) < 4.78 is 5.05. The lowest BCUT2D eigenvalue weighted by Crippen LogP contribution is -2.12. The highest BCUT2D eigenvalue weighted by molar-refractivity contribution is 6.03. The van der Waals surface area contributed by atoms with Crippen LogP contribution >= 0.6 is 0 Å². The molecule has 0 saturated heterocycles. The molecule has 1 aromatic heterocycles. The number of aromatic nitrogens is 3. The second-order valence-electron chi connectivity index (χ2n) is 3.40. The molecule has 7 heteroatoms. The number of H-pyrrole nitrogens is 1. The summed E-state index contributed by atoms with van der Waals surface area (Å²) in [6.45, 7) is 2.25. The second kappa shape index (κ2) is 5.17. The quantitative estimate of drug-likeness (QED) is 0.753. The van der Waals surface area contributed by atoms with Crippen molar-refractivity contribution in [3.8, 4) is 11.8 Å². The van der Waals surface area contributed by atoms with Gasteiger partial charge in [0.25, 0.3) is 5.91 Å². The predicted molar refractivity (Wildman–Crippen MR) is 63.6 cm³/mol. The number of rotatable bonds is 4. The van der Waals surface area contributed by atoms with Crippen LogP contribution in [0.5, 0.6) is 11.8 Å². The average Bonchev–Trinajstić information content (AvgIpc) is 2.77. The molecule has 0 radical (unpaired) electrons. The Bertz CT molecular complexity index is 553. The Morgan fingerprint density at radius 3 is 3.11 bits per heavy atom. The molecule has 2 rings (SSSR count). The van der Waals surface area contributed by atoms with Crippen molar-refractivity contribution >= 4 is 11.9 Å². The van der Waals surface area contributed by atoms with E-state index in [4.69, 9.17) is 4.74 Å². The van der Waals surface area contributed by atoms with Gasteiger partial charge in [-0.3, -0.25) is 10.1 Å². The molecule has 1 amide bonds. The molecule has 0 unspecified atom stereocenters. The first-order valence-electron chi connectivity index (χ1n) is 5.34. The maximum absolute atomic E-state index is 11.8. The zero-order valence-corrected chi connectivity index (χ0v) is 9.67. The van der Waals surface area contributed by atoms with Gasteiger partial charge in [-0.1, -0.05) is 6.07 Å². The average molecular weight is 248 g/mol. The van der Waals surface area contributed by atoms with Gasteiger partial charge in [0.15, 0.2) is 0 Å². The Morgan fingerprint density at radius 2 is 2.39 bits per heavy atom. The summed E-state index contributed by atoms with van der Waals surface area (Å²) >= 11 is 0. The molecule has 1 heterocycles. The first-order valence-corrected chi connectivity index (χ1v) is 5.34. The van der Waals surface area contributed by atoms with Crippen molar-refractivity contribution in [1.82, 2.24) is 15.2 Å². The summed E-state index contributed by atoms with van der Waals surface area (Å²) in [6, 6.07) is 6.17. The molecule has 0 bridgehead atoms. The van der Waals surface area contributed by atoms with Crippen LogP contribution < -0.4 is 10.1 Å². The van der Waals surface area contributed by atoms with E-state index in [1.165, 1.54) is 12.1 Å². The van der Waals surface area contributed by atoms with Gasteiger partial charge >= 0.3 is 6.01 Å². The molecule has 0 spiro atoms. The van der Waals surface area contributed by atoms with E-state index in [9.17, 15) is 9.90 Å². The second-order valence-corrected chi connectivity index (χ2v) is 3.40. The smallest absolute Gasteiger partial charge is 0.337 e. The number of ether oxygens (including phenoxy) is 1. The Kier molecular flexibility index (Phi) is 3.42. The topological polar surface area (TPSA) is 100 Å². The minimum atomic E-state index is -0.398. The summed E-state index contributed by atoms with van der Waals surface area (Å²) in [5, 5.41) is 18.0. The van der Waals surface area contributed by atoms with Crippen LogP contribution in [0.2, 0.25) is 0 Å². The Hall–Kier alpha value is -2.57. The lowest BCUT2D eigenvalue weighted by atomic mass is 10.2. The Morgan fingerprint density at radius 1 is 1.56 bits per heavy atom. The van der Waals surface area contributed by atoms with Gasteiger partial charge in [0.1, 0.15) is 5.75 Å². The van der Waals surface area contributed by atoms with Crippen LogP contribution in [-0.2, 0) is 0 Å². The number of carbonyl (C=O) groups excluding carboxylic acids is 1. The van der Waals surface area contributed by atoms with E-state index in [0.29, 0.717) is 12.2 Å². The normalized spacial score (nSPS) is 10.1. The zero-order chi connectivity index (χ0) is 13.0. The summed E-state index contributed by atoms with van der Waals surface area (Å²) in [5.41, 5.74) is 0.323. The molecule has 0 saturated carbocycles. The van der Waals surface area contributed by atoms with Gasteiger partial charge < -0.3 is 9.84 Å². The standard InChI is InChI=1S/C11H12N4O3/c1-2-18-11-13-10(14-15-11)12-9(17)7-4-3-5-8(16)6-7/h3-6,16H,2H2,1H3,(H2,12,13,14,15,17). The van der Waals surface area contributed by atoms with Crippen LogP contribution in [0.15, 0.2) is 24.3 Å². The van der Waals surface area contributed by atoms with E-state index in [1.54, 1.807) is 19.1 Å². The van der Waals surface area contributed by atoms with Crippen molar-refractivity contribution in [1.29, 1.82) is 0 Å². The molecule has 0 fully saturated rings. The van der Waals surface area contributed by atoms with Crippen molar-refractivity contribution in [2.75, 3.05) is 11.9 Å². The number of benzene rings is 1. The Labute approximate surface area is 103 Å². The number of nitrogens with zero attached hydrogens (tertiary/aromatic N) is 2. The third-order valence-electron chi connectivity index (χ3n) is 2.08. The van der Waals surface area contributed by atoms with Crippen molar-refractivity contribution in [2.45, 2.75) is 6.92 Å². The molecule has 0 aliphatic carbocycles. The fourth-order valence-electron chi connectivity index (χ4n) is 1.32. The maximum Gasteiger partial charge on any atom is 0.337 e. The fraction of sp³-hybridized carbons (Fsp3) is 0.182.